The van der Waals surface area contributed by atoms with E-state index in [4.69, 9.17) is 21.4 Å². The molecule has 2 rings (SSSR count). The lowest BCUT2D eigenvalue weighted by Gasteiger charge is -2.09. The summed E-state index contributed by atoms with van der Waals surface area (Å²) in [6.07, 6.45) is 1.36. The van der Waals surface area contributed by atoms with Crippen LogP contribution in [0.15, 0.2) is 34.9 Å². The van der Waals surface area contributed by atoms with Crippen molar-refractivity contribution in [3.05, 3.63) is 51.3 Å². The molecule has 0 fully saturated rings. The lowest BCUT2D eigenvalue weighted by Crippen LogP contribution is -1.97. The molecule has 0 saturated carbocycles. The van der Waals surface area contributed by atoms with Gasteiger partial charge in [0.1, 0.15) is 5.75 Å². The fourth-order valence-corrected chi connectivity index (χ4v) is 2.03. The van der Waals surface area contributed by atoms with Gasteiger partial charge < -0.3 is 9.84 Å². The summed E-state index contributed by atoms with van der Waals surface area (Å²) in [4.78, 5) is 3.77. The number of hydrogen-bond donors (Lipinski definition) is 1. The van der Waals surface area contributed by atoms with Crippen LogP contribution in [0.1, 0.15) is 5.56 Å². The van der Waals surface area contributed by atoms with Gasteiger partial charge in [-0.25, -0.2) is 9.37 Å². The van der Waals surface area contributed by atoms with Crippen molar-refractivity contribution in [2.75, 3.05) is 0 Å². The molecule has 1 heterocycles. The molecule has 6 heteroatoms. The molecule has 0 aliphatic rings. The second-order valence-corrected chi connectivity index (χ2v) is 4.75. The van der Waals surface area contributed by atoms with Crippen LogP contribution < -0.4 is 4.74 Å². The molecule has 0 saturated heterocycles. The van der Waals surface area contributed by atoms with Crippen molar-refractivity contribution in [2.24, 2.45) is 0 Å². The van der Waals surface area contributed by atoms with Crippen LogP contribution in [0.3, 0.4) is 0 Å². The van der Waals surface area contributed by atoms with Crippen LogP contribution in [-0.4, -0.2) is 10.1 Å². The molecule has 0 atom stereocenters. The molecule has 0 radical (unpaired) electrons. The summed E-state index contributed by atoms with van der Waals surface area (Å²) in [5, 5.41) is 9.28. The number of aliphatic hydroxyl groups is 1. The summed E-state index contributed by atoms with van der Waals surface area (Å²) in [5.41, 5.74) is 0.119. The highest BCUT2D eigenvalue weighted by Gasteiger charge is 2.12. The van der Waals surface area contributed by atoms with E-state index >= 15 is 0 Å². The number of halogens is 3. The third-order valence-corrected chi connectivity index (χ3v) is 3.00. The van der Waals surface area contributed by atoms with Gasteiger partial charge in [-0.1, -0.05) is 27.5 Å². The smallest absolute Gasteiger partial charge is 0.256 e. The minimum absolute atomic E-state index is 0.119. The van der Waals surface area contributed by atoms with E-state index in [1.54, 1.807) is 18.2 Å². The molecule has 0 bridgehead atoms. The van der Waals surface area contributed by atoms with Crippen LogP contribution in [0.2, 0.25) is 5.02 Å². The van der Waals surface area contributed by atoms with Crippen LogP contribution >= 0.6 is 27.5 Å². The third-order valence-electron chi connectivity index (χ3n) is 2.21. The normalized spacial score (nSPS) is 10.4. The van der Waals surface area contributed by atoms with E-state index in [0.717, 1.165) is 4.47 Å². The third kappa shape index (κ3) is 2.80. The molecular weight excluding hydrogens is 324 g/mol. The summed E-state index contributed by atoms with van der Waals surface area (Å²) in [7, 11) is 0. The van der Waals surface area contributed by atoms with Gasteiger partial charge in [0, 0.05) is 16.2 Å². The monoisotopic (exact) mass is 331 g/mol. The Morgan fingerprint density at radius 2 is 2.17 bits per heavy atom. The van der Waals surface area contributed by atoms with E-state index in [1.165, 1.54) is 12.3 Å². The average molecular weight is 333 g/mol. The maximum Gasteiger partial charge on any atom is 0.256 e. The Bertz CT molecular complexity index is 580. The Labute approximate surface area is 116 Å². The largest absolute Gasteiger partial charge is 0.435 e. The van der Waals surface area contributed by atoms with E-state index in [0.29, 0.717) is 10.8 Å². The zero-order valence-electron chi connectivity index (χ0n) is 9.03. The number of aromatic nitrogens is 1. The van der Waals surface area contributed by atoms with Crippen molar-refractivity contribution in [2.45, 2.75) is 6.61 Å². The molecule has 0 aliphatic heterocycles. The lowest BCUT2D eigenvalue weighted by molar-refractivity contribution is 0.273. The van der Waals surface area contributed by atoms with Crippen molar-refractivity contribution < 1.29 is 14.2 Å². The summed E-state index contributed by atoms with van der Waals surface area (Å²) >= 11 is 9.21. The Morgan fingerprint density at radius 3 is 2.83 bits per heavy atom. The molecule has 0 amide bonds. The van der Waals surface area contributed by atoms with Gasteiger partial charge in [-0.2, -0.15) is 0 Å². The van der Waals surface area contributed by atoms with Crippen LogP contribution in [0.5, 0.6) is 11.6 Å². The number of hydrogen-bond acceptors (Lipinski definition) is 3. The summed E-state index contributed by atoms with van der Waals surface area (Å²) < 4.78 is 19.8. The molecular formula is C12H8BrClFNO2. The fraction of sp³-hybridized carbons (Fsp3) is 0.0833. The van der Waals surface area contributed by atoms with Crippen LogP contribution in [0.25, 0.3) is 0 Å². The van der Waals surface area contributed by atoms with Crippen molar-refractivity contribution in [3.8, 4) is 11.6 Å². The minimum Gasteiger partial charge on any atom is -0.435 e. The molecule has 1 aromatic heterocycles. The maximum atomic E-state index is 13.8. The first kappa shape index (κ1) is 13.3. The fourth-order valence-electron chi connectivity index (χ4n) is 1.32. The molecule has 0 spiro atoms. The van der Waals surface area contributed by atoms with Crippen molar-refractivity contribution in [1.29, 1.82) is 0 Å². The van der Waals surface area contributed by atoms with Crippen molar-refractivity contribution in [1.82, 2.24) is 4.98 Å². The van der Waals surface area contributed by atoms with Crippen LogP contribution in [-0.2, 0) is 6.61 Å². The average Bonchev–Trinajstić information content (AvgIpc) is 2.35. The van der Waals surface area contributed by atoms with E-state index in [1.807, 2.05) is 0 Å². The standard InChI is InChI=1S/C12H8BrClFNO2/c13-8-1-2-10(9(14)5-8)18-12-11(15)7(6-17)3-4-16-12/h1-5,17H,6H2. The second-order valence-electron chi connectivity index (χ2n) is 3.42. The molecule has 2 aromatic rings. The zero-order chi connectivity index (χ0) is 13.1. The molecule has 18 heavy (non-hydrogen) atoms. The topological polar surface area (TPSA) is 42.4 Å². The summed E-state index contributed by atoms with van der Waals surface area (Å²) in [6, 6.07) is 6.32. The highest BCUT2D eigenvalue weighted by atomic mass is 79.9. The van der Waals surface area contributed by atoms with Gasteiger partial charge in [0.25, 0.3) is 5.88 Å². The van der Waals surface area contributed by atoms with Gasteiger partial charge in [0.2, 0.25) is 0 Å². The number of benzene rings is 1. The molecule has 3 nitrogen and oxygen atoms in total. The highest BCUT2D eigenvalue weighted by Crippen LogP contribution is 2.32. The quantitative estimate of drug-likeness (QED) is 0.926. The number of ether oxygens (including phenoxy) is 1. The van der Waals surface area contributed by atoms with Crippen LogP contribution in [0.4, 0.5) is 4.39 Å². The Kier molecular flexibility index (Phi) is 4.16. The second kappa shape index (κ2) is 5.65. The summed E-state index contributed by atoms with van der Waals surface area (Å²) in [6.45, 7) is -0.418. The van der Waals surface area contributed by atoms with Gasteiger partial charge >= 0.3 is 0 Å². The maximum absolute atomic E-state index is 13.8. The predicted octanol–water partition coefficient (Wildman–Crippen LogP) is 3.92. The van der Waals surface area contributed by atoms with Crippen molar-refractivity contribution in [3.63, 3.8) is 0 Å². The Morgan fingerprint density at radius 1 is 1.39 bits per heavy atom. The number of rotatable bonds is 3. The minimum atomic E-state index is -0.695. The summed E-state index contributed by atoms with van der Waals surface area (Å²) in [5.74, 6) is -0.619. The number of pyridine rings is 1. The van der Waals surface area contributed by atoms with E-state index in [9.17, 15) is 4.39 Å². The Balaban J connectivity index is 2.34. The van der Waals surface area contributed by atoms with Crippen LogP contribution in [0, 0.1) is 5.82 Å². The molecule has 94 valence electrons. The SMILES string of the molecule is OCc1ccnc(Oc2ccc(Br)cc2Cl)c1F. The molecule has 0 aliphatic carbocycles. The van der Waals surface area contributed by atoms with E-state index in [-0.39, 0.29) is 11.4 Å². The van der Waals surface area contributed by atoms with Gasteiger partial charge in [0.15, 0.2) is 5.82 Å². The first-order valence-electron chi connectivity index (χ1n) is 4.99. The first-order valence-corrected chi connectivity index (χ1v) is 6.16. The van der Waals surface area contributed by atoms with Gasteiger partial charge in [-0.15, -0.1) is 0 Å². The zero-order valence-corrected chi connectivity index (χ0v) is 11.4. The predicted molar refractivity (Wildman–Crippen MR) is 69.3 cm³/mol. The molecule has 1 aromatic carbocycles. The van der Waals surface area contributed by atoms with Gasteiger partial charge in [-0.3, -0.25) is 0 Å². The van der Waals surface area contributed by atoms with E-state index in [2.05, 4.69) is 20.9 Å². The first-order chi connectivity index (χ1) is 8.61. The lowest BCUT2D eigenvalue weighted by atomic mass is 10.2. The van der Waals surface area contributed by atoms with Crippen molar-refractivity contribution >= 4 is 27.5 Å². The number of aliphatic hydroxyl groups excluding tert-OH is 1. The highest BCUT2D eigenvalue weighted by molar-refractivity contribution is 9.10. The molecule has 0 unspecified atom stereocenters. The van der Waals surface area contributed by atoms with E-state index < -0.39 is 12.4 Å². The Hall–Kier alpha value is -1.17. The number of nitrogens with zero attached hydrogens (tertiary/aromatic N) is 1. The van der Waals surface area contributed by atoms with Gasteiger partial charge in [-0.05, 0) is 24.3 Å². The van der Waals surface area contributed by atoms with Gasteiger partial charge in [0.05, 0.1) is 11.6 Å². The molecule has 1 N–H and O–H groups in total.